The molecule has 1 atom stereocenters. The van der Waals surface area contributed by atoms with Gasteiger partial charge in [0.2, 0.25) is 0 Å². The van der Waals surface area contributed by atoms with Crippen molar-refractivity contribution in [3.63, 3.8) is 0 Å². The number of hydrogen-bond donors (Lipinski definition) is 4. The average molecular weight is 445 g/mol. The van der Waals surface area contributed by atoms with Crippen LogP contribution in [0.2, 0.25) is 10.0 Å². The molecule has 4 N–H and O–H groups in total. The van der Waals surface area contributed by atoms with Crippen LogP contribution in [0.25, 0.3) is 11.1 Å². The standard InChI is InChI=1S/C18H15Cl2FN2O6/c19-11-3-4-14(21)12(6-11)9-1-2-10(13(20)5-9)7-23(8-15(24)17(26)27)22-16(25)18(28)29/h1-6,15,24H,7-8H2,(H,22,25)(H,26,27)(H,28,29)/t15-/m1/s1. The molecular formula is C18H15Cl2FN2O6. The molecule has 2 aromatic rings. The highest BCUT2D eigenvalue weighted by atomic mass is 35.5. The van der Waals surface area contributed by atoms with Gasteiger partial charge in [0.05, 0.1) is 6.54 Å². The number of carbonyl (C=O) groups excluding carboxylic acids is 1. The minimum atomic E-state index is -1.89. The second kappa shape index (κ2) is 9.66. The van der Waals surface area contributed by atoms with Gasteiger partial charge in [-0.2, -0.15) is 0 Å². The minimum absolute atomic E-state index is 0.140. The molecule has 0 saturated heterocycles. The molecule has 0 aliphatic heterocycles. The Bertz CT molecular complexity index is 956. The highest BCUT2D eigenvalue weighted by Gasteiger charge is 2.23. The average Bonchev–Trinajstić information content (AvgIpc) is 2.64. The number of carboxylic acids is 2. The Hall–Kier alpha value is -2.72. The van der Waals surface area contributed by atoms with Gasteiger partial charge in [0.25, 0.3) is 0 Å². The van der Waals surface area contributed by atoms with Crippen LogP contribution in [0, 0.1) is 5.82 Å². The van der Waals surface area contributed by atoms with Crippen molar-refractivity contribution < 1.29 is 34.1 Å². The first-order chi connectivity index (χ1) is 13.6. The molecule has 1 amide bonds. The Balaban J connectivity index is 2.28. The number of amides is 1. The van der Waals surface area contributed by atoms with Gasteiger partial charge in [-0.3, -0.25) is 10.2 Å². The molecule has 11 heteroatoms. The highest BCUT2D eigenvalue weighted by Crippen LogP contribution is 2.30. The van der Waals surface area contributed by atoms with Crippen LogP contribution in [-0.2, 0) is 20.9 Å². The number of halogens is 3. The van der Waals surface area contributed by atoms with E-state index in [0.717, 1.165) is 5.01 Å². The van der Waals surface area contributed by atoms with Crippen molar-refractivity contribution in [3.8, 4) is 11.1 Å². The fourth-order valence-electron chi connectivity index (χ4n) is 2.40. The van der Waals surface area contributed by atoms with Crippen molar-refractivity contribution in [3.05, 3.63) is 57.8 Å². The van der Waals surface area contributed by atoms with E-state index in [9.17, 15) is 23.9 Å². The highest BCUT2D eigenvalue weighted by molar-refractivity contribution is 6.32. The molecule has 0 saturated carbocycles. The van der Waals surface area contributed by atoms with Crippen molar-refractivity contribution in [1.29, 1.82) is 0 Å². The molecule has 0 aliphatic carbocycles. The number of hydrazine groups is 1. The van der Waals surface area contributed by atoms with E-state index in [1.54, 1.807) is 0 Å². The van der Waals surface area contributed by atoms with Crippen molar-refractivity contribution >= 4 is 41.0 Å². The molecule has 0 radical (unpaired) electrons. The predicted molar refractivity (Wildman–Crippen MR) is 102 cm³/mol. The maximum absolute atomic E-state index is 14.0. The zero-order valence-corrected chi connectivity index (χ0v) is 16.1. The molecule has 0 aliphatic rings. The number of carbonyl (C=O) groups is 3. The zero-order chi connectivity index (χ0) is 21.7. The summed E-state index contributed by atoms with van der Waals surface area (Å²) in [5, 5.41) is 28.4. The molecule has 154 valence electrons. The molecule has 0 fully saturated rings. The van der Waals surface area contributed by atoms with Crippen LogP contribution >= 0.6 is 23.2 Å². The van der Waals surface area contributed by atoms with E-state index in [1.807, 2.05) is 5.43 Å². The quantitative estimate of drug-likeness (QED) is 0.380. The fraction of sp³-hybridized carbons (Fsp3) is 0.167. The Kier molecular flexibility index (Phi) is 7.52. The number of aliphatic hydroxyl groups is 1. The number of nitrogens with one attached hydrogen (secondary N) is 1. The van der Waals surface area contributed by atoms with Crippen molar-refractivity contribution in [1.82, 2.24) is 10.4 Å². The Morgan fingerprint density at radius 2 is 1.79 bits per heavy atom. The molecule has 8 nitrogen and oxygen atoms in total. The summed E-state index contributed by atoms with van der Waals surface area (Å²) < 4.78 is 14.0. The third-order valence-corrected chi connectivity index (χ3v) is 4.37. The van der Waals surface area contributed by atoms with Gasteiger partial charge < -0.3 is 15.3 Å². The lowest BCUT2D eigenvalue weighted by atomic mass is 10.0. The summed E-state index contributed by atoms with van der Waals surface area (Å²) in [7, 11) is 0. The van der Waals surface area contributed by atoms with E-state index in [1.165, 1.54) is 36.4 Å². The van der Waals surface area contributed by atoms with Gasteiger partial charge in [-0.05, 0) is 35.4 Å². The number of benzene rings is 2. The van der Waals surface area contributed by atoms with Gasteiger partial charge in [0.1, 0.15) is 5.82 Å². The number of hydrogen-bond acceptors (Lipinski definition) is 5. The van der Waals surface area contributed by atoms with E-state index in [2.05, 4.69) is 0 Å². The van der Waals surface area contributed by atoms with Gasteiger partial charge in [-0.1, -0.05) is 35.3 Å². The van der Waals surface area contributed by atoms with Gasteiger partial charge in [-0.15, -0.1) is 0 Å². The Labute approximate surface area is 174 Å². The van der Waals surface area contributed by atoms with Crippen LogP contribution < -0.4 is 5.43 Å². The van der Waals surface area contributed by atoms with E-state index >= 15 is 0 Å². The van der Waals surface area contributed by atoms with Crippen LogP contribution in [-0.4, -0.2) is 50.8 Å². The second-order valence-corrected chi connectivity index (χ2v) is 6.75. The number of nitrogens with zero attached hydrogens (tertiary/aromatic N) is 1. The van der Waals surface area contributed by atoms with Gasteiger partial charge >= 0.3 is 17.8 Å². The van der Waals surface area contributed by atoms with Crippen LogP contribution in [0.3, 0.4) is 0 Å². The van der Waals surface area contributed by atoms with Gasteiger partial charge in [0.15, 0.2) is 6.10 Å². The molecule has 2 aromatic carbocycles. The SMILES string of the molecule is O=C(O)C(=O)NN(Cc1ccc(-c2cc(Cl)ccc2F)cc1Cl)C[C@@H](O)C(=O)O. The van der Waals surface area contributed by atoms with Crippen LogP contribution in [0.1, 0.15) is 5.56 Å². The largest absolute Gasteiger partial charge is 0.479 e. The molecule has 0 heterocycles. The van der Waals surface area contributed by atoms with E-state index < -0.39 is 36.3 Å². The summed E-state index contributed by atoms with van der Waals surface area (Å²) in [6.45, 7) is -0.824. The fourth-order valence-corrected chi connectivity index (χ4v) is 2.81. The lowest BCUT2D eigenvalue weighted by Gasteiger charge is -2.24. The monoisotopic (exact) mass is 444 g/mol. The Morgan fingerprint density at radius 1 is 1.10 bits per heavy atom. The maximum Gasteiger partial charge on any atom is 0.395 e. The third-order valence-electron chi connectivity index (χ3n) is 3.79. The molecule has 2 rings (SSSR count). The molecular weight excluding hydrogens is 430 g/mol. The summed E-state index contributed by atoms with van der Waals surface area (Å²) in [5.41, 5.74) is 2.97. The van der Waals surface area contributed by atoms with Crippen molar-refractivity contribution in [2.24, 2.45) is 0 Å². The zero-order valence-electron chi connectivity index (χ0n) is 14.6. The number of aliphatic hydroxyl groups excluding tert-OH is 1. The molecule has 0 unspecified atom stereocenters. The van der Waals surface area contributed by atoms with E-state index in [-0.39, 0.29) is 17.1 Å². The lowest BCUT2D eigenvalue weighted by molar-refractivity contribution is -0.154. The molecule has 0 aromatic heterocycles. The van der Waals surface area contributed by atoms with Gasteiger partial charge in [0, 0.05) is 22.2 Å². The topological polar surface area (TPSA) is 127 Å². The Morgan fingerprint density at radius 3 is 2.38 bits per heavy atom. The molecule has 0 bridgehead atoms. The second-order valence-electron chi connectivity index (χ2n) is 5.91. The smallest absolute Gasteiger partial charge is 0.395 e. The normalized spacial score (nSPS) is 11.9. The molecule has 29 heavy (non-hydrogen) atoms. The summed E-state index contributed by atoms with van der Waals surface area (Å²) in [6.07, 6.45) is -1.89. The first-order valence-electron chi connectivity index (χ1n) is 8.02. The predicted octanol–water partition coefficient (Wildman–Crippen LogP) is 2.16. The number of rotatable bonds is 7. The van der Waals surface area contributed by atoms with Crippen LogP contribution in [0.4, 0.5) is 4.39 Å². The molecule has 0 spiro atoms. The third kappa shape index (κ3) is 6.13. The lowest BCUT2D eigenvalue weighted by Crippen LogP contribution is -2.49. The van der Waals surface area contributed by atoms with E-state index in [0.29, 0.717) is 16.1 Å². The first-order valence-corrected chi connectivity index (χ1v) is 8.77. The summed E-state index contributed by atoms with van der Waals surface area (Å²) >= 11 is 12.1. The first kappa shape index (κ1) is 22.6. The summed E-state index contributed by atoms with van der Waals surface area (Å²) in [4.78, 5) is 33.0. The number of carboxylic acid groups (broad SMARTS) is 2. The van der Waals surface area contributed by atoms with Crippen LogP contribution in [0.5, 0.6) is 0 Å². The number of aliphatic carboxylic acids is 2. The minimum Gasteiger partial charge on any atom is -0.479 e. The van der Waals surface area contributed by atoms with Crippen molar-refractivity contribution in [2.75, 3.05) is 6.54 Å². The summed E-state index contributed by atoms with van der Waals surface area (Å²) in [5.74, 6) is -5.29. The summed E-state index contributed by atoms with van der Waals surface area (Å²) in [6, 6.07) is 8.48. The van der Waals surface area contributed by atoms with E-state index in [4.69, 9.17) is 33.4 Å². The van der Waals surface area contributed by atoms with Gasteiger partial charge in [-0.25, -0.2) is 19.0 Å². The maximum atomic E-state index is 14.0. The van der Waals surface area contributed by atoms with Crippen LogP contribution in [0.15, 0.2) is 36.4 Å². The van der Waals surface area contributed by atoms with Crippen molar-refractivity contribution in [2.45, 2.75) is 12.6 Å².